The fourth-order valence-corrected chi connectivity index (χ4v) is 2.87. The molecule has 2 nitrogen and oxygen atoms in total. The fraction of sp³-hybridized carbons (Fsp3) is 0.188. The molecular formula is C16H16N2S. The Hall–Kier alpha value is -1.87. The van der Waals surface area contributed by atoms with Crippen LogP contribution in [0.4, 0.5) is 0 Å². The van der Waals surface area contributed by atoms with E-state index in [9.17, 15) is 0 Å². The first-order valence-electron chi connectivity index (χ1n) is 6.36. The maximum Gasteiger partial charge on any atom is 0.182 e. The molecule has 1 N–H and O–H groups in total. The molecule has 1 aromatic heterocycles. The van der Waals surface area contributed by atoms with Gasteiger partial charge in [-0.25, -0.2) is 0 Å². The summed E-state index contributed by atoms with van der Waals surface area (Å²) in [4.78, 5) is 3.31. The zero-order valence-corrected chi connectivity index (χ0v) is 12.1. The van der Waals surface area contributed by atoms with Crippen LogP contribution >= 0.6 is 12.2 Å². The van der Waals surface area contributed by atoms with Crippen molar-refractivity contribution in [3.05, 3.63) is 57.9 Å². The molecule has 1 heterocycles. The smallest absolute Gasteiger partial charge is 0.182 e. The van der Waals surface area contributed by atoms with Crippen molar-refractivity contribution in [2.45, 2.75) is 20.8 Å². The van der Waals surface area contributed by atoms with E-state index in [0.717, 1.165) is 21.5 Å². The molecule has 2 aromatic carbocycles. The predicted molar refractivity (Wildman–Crippen MR) is 82.7 cm³/mol. The van der Waals surface area contributed by atoms with Gasteiger partial charge < -0.3 is 4.98 Å². The highest BCUT2D eigenvalue weighted by molar-refractivity contribution is 7.71. The number of aromatic nitrogens is 2. The molecule has 0 aliphatic carbocycles. The minimum Gasteiger partial charge on any atom is -0.330 e. The van der Waals surface area contributed by atoms with Gasteiger partial charge in [0.1, 0.15) is 0 Å². The van der Waals surface area contributed by atoms with Crippen LogP contribution in [-0.2, 0) is 0 Å². The van der Waals surface area contributed by atoms with Crippen molar-refractivity contribution in [3.8, 4) is 5.69 Å². The summed E-state index contributed by atoms with van der Waals surface area (Å²) in [6.07, 6.45) is 0. The van der Waals surface area contributed by atoms with E-state index in [4.69, 9.17) is 12.2 Å². The SMILES string of the molecule is Cc1ccc(-n2c(=S)[nH]c3c(C)cccc32)c(C)c1. The Labute approximate surface area is 117 Å². The molecule has 0 aliphatic heterocycles. The summed E-state index contributed by atoms with van der Waals surface area (Å²) < 4.78 is 2.86. The van der Waals surface area contributed by atoms with Crippen LogP contribution in [-0.4, -0.2) is 9.55 Å². The summed E-state index contributed by atoms with van der Waals surface area (Å²) in [6, 6.07) is 12.7. The first kappa shape index (κ1) is 12.2. The molecule has 0 amide bonds. The second-order valence-corrected chi connectivity index (χ2v) is 5.41. The Kier molecular flexibility index (Phi) is 2.79. The molecule has 0 spiro atoms. The molecule has 96 valence electrons. The lowest BCUT2D eigenvalue weighted by atomic mass is 10.1. The first-order chi connectivity index (χ1) is 9.08. The number of para-hydroxylation sites is 1. The predicted octanol–water partition coefficient (Wildman–Crippen LogP) is 4.61. The zero-order valence-electron chi connectivity index (χ0n) is 11.3. The Morgan fingerprint density at radius 2 is 1.79 bits per heavy atom. The van der Waals surface area contributed by atoms with Gasteiger partial charge in [0.2, 0.25) is 0 Å². The van der Waals surface area contributed by atoms with E-state index in [-0.39, 0.29) is 0 Å². The van der Waals surface area contributed by atoms with Crippen molar-refractivity contribution >= 4 is 23.3 Å². The number of hydrogen-bond donors (Lipinski definition) is 1. The van der Waals surface area contributed by atoms with Gasteiger partial charge in [-0.2, -0.15) is 0 Å². The van der Waals surface area contributed by atoms with E-state index >= 15 is 0 Å². The molecule has 0 bridgehead atoms. The fourth-order valence-electron chi connectivity index (χ4n) is 2.57. The number of rotatable bonds is 1. The van der Waals surface area contributed by atoms with Crippen LogP contribution in [0.5, 0.6) is 0 Å². The van der Waals surface area contributed by atoms with Gasteiger partial charge in [0.25, 0.3) is 0 Å². The van der Waals surface area contributed by atoms with Gasteiger partial charge in [0, 0.05) is 0 Å². The largest absolute Gasteiger partial charge is 0.330 e. The highest BCUT2D eigenvalue weighted by Gasteiger charge is 2.09. The Morgan fingerprint density at radius 3 is 2.53 bits per heavy atom. The van der Waals surface area contributed by atoms with Crippen LogP contribution in [0.2, 0.25) is 0 Å². The lowest BCUT2D eigenvalue weighted by molar-refractivity contribution is 1.05. The number of aryl methyl sites for hydroxylation is 3. The van der Waals surface area contributed by atoms with E-state index in [1.54, 1.807) is 0 Å². The van der Waals surface area contributed by atoms with E-state index in [1.165, 1.54) is 16.7 Å². The minimum atomic E-state index is 0.747. The number of aromatic amines is 1. The molecule has 0 unspecified atom stereocenters. The molecular weight excluding hydrogens is 252 g/mol. The number of nitrogens with zero attached hydrogens (tertiary/aromatic N) is 1. The van der Waals surface area contributed by atoms with Crippen LogP contribution in [0.15, 0.2) is 36.4 Å². The molecule has 0 radical (unpaired) electrons. The Morgan fingerprint density at radius 1 is 1.00 bits per heavy atom. The number of nitrogens with one attached hydrogen (secondary N) is 1. The number of H-pyrrole nitrogens is 1. The maximum atomic E-state index is 5.49. The van der Waals surface area contributed by atoms with Crippen molar-refractivity contribution in [3.63, 3.8) is 0 Å². The van der Waals surface area contributed by atoms with Crippen LogP contribution in [0.25, 0.3) is 16.7 Å². The highest BCUT2D eigenvalue weighted by Crippen LogP contribution is 2.24. The number of hydrogen-bond acceptors (Lipinski definition) is 1. The topological polar surface area (TPSA) is 20.7 Å². The van der Waals surface area contributed by atoms with Gasteiger partial charge >= 0.3 is 0 Å². The van der Waals surface area contributed by atoms with E-state index in [0.29, 0.717) is 0 Å². The van der Waals surface area contributed by atoms with Crippen LogP contribution < -0.4 is 0 Å². The third-order valence-electron chi connectivity index (χ3n) is 3.52. The summed E-state index contributed by atoms with van der Waals surface area (Å²) in [5, 5.41) is 0. The average Bonchev–Trinajstić information content (AvgIpc) is 2.68. The normalized spacial score (nSPS) is 11.1. The number of imidazole rings is 1. The Balaban J connectivity index is 2.40. The quantitative estimate of drug-likeness (QED) is 0.639. The summed E-state index contributed by atoms with van der Waals surface area (Å²) in [7, 11) is 0. The third kappa shape index (κ3) is 1.90. The van der Waals surface area contributed by atoms with Gasteiger partial charge in [-0.15, -0.1) is 0 Å². The van der Waals surface area contributed by atoms with Crippen LogP contribution in [0.1, 0.15) is 16.7 Å². The molecule has 3 aromatic rings. The summed E-state index contributed by atoms with van der Waals surface area (Å²) >= 11 is 5.49. The lowest BCUT2D eigenvalue weighted by Gasteiger charge is -2.09. The van der Waals surface area contributed by atoms with Crippen LogP contribution in [0.3, 0.4) is 0 Å². The standard InChI is InChI=1S/C16H16N2S/c1-10-7-8-13(12(3)9-10)18-14-6-4-5-11(2)15(14)17-16(18)19/h4-9H,1-3H3,(H,17,19). The van der Waals surface area contributed by atoms with Crippen molar-refractivity contribution in [1.29, 1.82) is 0 Å². The molecule has 0 saturated heterocycles. The molecule has 3 rings (SSSR count). The van der Waals surface area contributed by atoms with Crippen molar-refractivity contribution in [2.75, 3.05) is 0 Å². The van der Waals surface area contributed by atoms with Crippen LogP contribution in [0, 0.1) is 25.5 Å². The summed E-state index contributed by atoms with van der Waals surface area (Å²) in [6.45, 7) is 6.33. The van der Waals surface area contributed by atoms with E-state index in [1.807, 2.05) is 0 Å². The van der Waals surface area contributed by atoms with E-state index < -0.39 is 0 Å². The number of fused-ring (bicyclic) bond motifs is 1. The molecule has 0 saturated carbocycles. The molecule has 3 heteroatoms. The van der Waals surface area contributed by atoms with Gasteiger partial charge in [-0.05, 0) is 56.2 Å². The second kappa shape index (κ2) is 4.35. The second-order valence-electron chi connectivity index (χ2n) is 5.02. The average molecular weight is 268 g/mol. The number of benzene rings is 2. The lowest BCUT2D eigenvalue weighted by Crippen LogP contribution is -1.97. The van der Waals surface area contributed by atoms with E-state index in [2.05, 4.69) is 66.7 Å². The van der Waals surface area contributed by atoms with Gasteiger partial charge in [-0.3, -0.25) is 4.57 Å². The minimum absolute atomic E-state index is 0.747. The monoisotopic (exact) mass is 268 g/mol. The maximum absolute atomic E-state index is 5.49. The van der Waals surface area contributed by atoms with Crippen molar-refractivity contribution in [1.82, 2.24) is 9.55 Å². The van der Waals surface area contributed by atoms with Gasteiger partial charge in [0.15, 0.2) is 4.77 Å². The first-order valence-corrected chi connectivity index (χ1v) is 6.77. The molecule has 0 fully saturated rings. The van der Waals surface area contributed by atoms with Gasteiger partial charge in [0.05, 0.1) is 16.7 Å². The molecule has 19 heavy (non-hydrogen) atoms. The van der Waals surface area contributed by atoms with Crippen molar-refractivity contribution in [2.24, 2.45) is 0 Å². The summed E-state index contributed by atoms with van der Waals surface area (Å²) in [5.41, 5.74) is 7.12. The van der Waals surface area contributed by atoms with Crippen molar-refractivity contribution < 1.29 is 0 Å². The van der Waals surface area contributed by atoms with Gasteiger partial charge in [-0.1, -0.05) is 29.8 Å². The zero-order chi connectivity index (χ0) is 13.6. The summed E-state index contributed by atoms with van der Waals surface area (Å²) in [5.74, 6) is 0. The molecule has 0 atom stereocenters. The Bertz CT molecular complexity index is 824. The molecule has 0 aliphatic rings. The highest BCUT2D eigenvalue weighted by atomic mass is 32.1. The third-order valence-corrected chi connectivity index (χ3v) is 3.80.